The molecule has 0 aromatic rings. The molecule has 1 saturated carbocycles. The van der Waals surface area contributed by atoms with E-state index in [9.17, 15) is 18.0 Å². The Balaban J connectivity index is 1.87. The van der Waals surface area contributed by atoms with E-state index in [2.05, 4.69) is 5.32 Å². The first-order chi connectivity index (χ1) is 9.38. The minimum absolute atomic E-state index is 0.0369. The zero-order valence-electron chi connectivity index (χ0n) is 11.9. The summed E-state index contributed by atoms with van der Waals surface area (Å²) in [6.07, 6.45) is -0.805. The van der Waals surface area contributed by atoms with Crippen LogP contribution in [0, 0.1) is 11.8 Å². The summed E-state index contributed by atoms with van der Waals surface area (Å²) in [5, 5.41) is 3.30. The predicted octanol–water partition coefficient (Wildman–Crippen LogP) is 2.57. The summed E-state index contributed by atoms with van der Waals surface area (Å²) in [5.74, 6) is -1.88. The highest BCUT2D eigenvalue weighted by atomic mass is 19.4. The topological polar surface area (TPSA) is 32.3 Å². The van der Waals surface area contributed by atoms with Gasteiger partial charge in [0.1, 0.15) is 0 Å². The Morgan fingerprint density at radius 3 is 2.60 bits per heavy atom. The molecule has 1 aliphatic carbocycles. The molecule has 2 aliphatic rings. The average Bonchev–Trinajstić information content (AvgIpc) is 2.90. The Kier molecular flexibility index (Phi) is 4.94. The number of likely N-dealkylation sites (N-methyl/N-ethyl adjacent to an activating group) is 1. The van der Waals surface area contributed by atoms with E-state index in [1.54, 1.807) is 11.9 Å². The Morgan fingerprint density at radius 1 is 1.25 bits per heavy atom. The van der Waals surface area contributed by atoms with E-state index < -0.39 is 18.0 Å². The van der Waals surface area contributed by atoms with Crippen molar-refractivity contribution in [2.24, 2.45) is 11.8 Å². The summed E-state index contributed by atoms with van der Waals surface area (Å²) in [5.41, 5.74) is 0. The summed E-state index contributed by atoms with van der Waals surface area (Å²) >= 11 is 0. The van der Waals surface area contributed by atoms with Crippen LogP contribution >= 0.6 is 0 Å². The number of halogens is 3. The van der Waals surface area contributed by atoms with Crippen LogP contribution in [-0.4, -0.2) is 43.2 Å². The molecule has 0 aromatic carbocycles. The molecule has 116 valence electrons. The third-order valence-electron chi connectivity index (χ3n) is 4.52. The Hall–Kier alpha value is -0.780. The van der Waals surface area contributed by atoms with Gasteiger partial charge in [-0.25, -0.2) is 0 Å². The van der Waals surface area contributed by atoms with Crippen molar-refractivity contribution >= 4 is 5.91 Å². The third-order valence-corrected chi connectivity index (χ3v) is 4.52. The molecular formula is C14H23F3N2O. The van der Waals surface area contributed by atoms with Crippen LogP contribution in [0.15, 0.2) is 0 Å². The number of carbonyl (C=O) groups excluding carboxylic acids is 1. The van der Waals surface area contributed by atoms with E-state index in [0.717, 1.165) is 19.4 Å². The van der Waals surface area contributed by atoms with E-state index in [-0.39, 0.29) is 18.7 Å². The van der Waals surface area contributed by atoms with Crippen molar-refractivity contribution in [1.29, 1.82) is 0 Å². The molecule has 2 rings (SSSR count). The predicted molar refractivity (Wildman–Crippen MR) is 70.2 cm³/mol. The van der Waals surface area contributed by atoms with Gasteiger partial charge in [-0.1, -0.05) is 6.42 Å². The number of carbonyl (C=O) groups is 1. The van der Waals surface area contributed by atoms with Gasteiger partial charge in [0.15, 0.2) is 0 Å². The van der Waals surface area contributed by atoms with Gasteiger partial charge in [-0.2, -0.15) is 13.2 Å². The van der Waals surface area contributed by atoms with Crippen LogP contribution in [-0.2, 0) is 4.79 Å². The third kappa shape index (κ3) is 3.87. The van der Waals surface area contributed by atoms with Gasteiger partial charge in [0.2, 0.25) is 5.91 Å². The lowest BCUT2D eigenvalue weighted by Crippen LogP contribution is -2.43. The van der Waals surface area contributed by atoms with Crippen molar-refractivity contribution in [3.8, 4) is 0 Å². The second-order valence-corrected chi connectivity index (χ2v) is 6.11. The lowest BCUT2D eigenvalue weighted by Gasteiger charge is -2.32. The average molecular weight is 292 g/mol. The summed E-state index contributed by atoms with van der Waals surface area (Å²) in [6.45, 7) is 1.57. The van der Waals surface area contributed by atoms with Crippen LogP contribution in [0.2, 0.25) is 0 Å². The van der Waals surface area contributed by atoms with Gasteiger partial charge in [0.25, 0.3) is 0 Å². The molecule has 0 radical (unpaired) electrons. The van der Waals surface area contributed by atoms with Gasteiger partial charge >= 0.3 is 6.18 Å². The van der Waals surface area contributed by atoms with Crippen molar-refractivity contribution in [3.05, 3.63) is 0 Å². The maximum absolute atomic E-state index is 12.8. The summed E-state index contributed by atoms with van der Waals surface area (Å²) in [6, 6.07) is 0.297. The second kappa shape index (κ2) is 6.33. The van der Waals surface area contributed by atoms with Gasteiger partial charge in [0, 0.05) is 25.6 Å². The minimum Gasteiger partial charge on any atom is -0.344 e. The molecule has 1 amide bonds. The minimum atomic E-state index is -4.16. The molecule has 1 N–H and O–H groups in total. The molecule has 6 heteroatoms. The number of alkyl halides is 3. The Labute approximate surface area is 117 Å². The van der Waals surface area contributed by atoms with E-state index in [4.69, 9.17) is 0 Å². The van der Waals surface area contributed by atoms with Gasteiger partial charge < -0.3 is 10.2 Å². The quantitative estimate of drug-likeness (QED) is 0.867. The van der Waals surface area contributed by atoms with Crippen molar-refractivity contribution in [2.45, 2.75) is 50.7 Å². The molecule has 1 saturated heterocycles. The van der Waals surface area contributed by atoms with Crippen LogP contribution in [0.1, 0.15) is 38.5 Å². The fourth-order valence-electron chi connectivity index (χ4n) is 3.36. The molecule has 20 heavy (non-hydrogen) atoms. The largest absolute Gasteiger partial charge is 0.391 e. The lowest BCUT2D eigenvalue weighted by molar-refractivity contribution is -0.187. The summed E-state index contributed by atoms with van der Waals surface area (Å²) < 4.78 is 38.3. The van der Waals surface area contributed by atoms with Crippen molar-refractivity contribution in [2.75, 3.05) is 20.1 Å². The number of hydrogen-bond acceptors (Lipinski definition) is 2. The van der Waals surface area contributed by atoms with Gasteiger partial charge in [-0.05, 0) is 38.6 Å². The van der Waals surface area contributed by atoms with Crippen molar-refractivity contribution in [1.82, 2.24) is 10.2 Å². The zero-order chi connectivity index (χ0) is 14.8. The molecule has 3 atom stereocenters. The van der Waals surface area contributed by atoms with Crippen molar-refractivity contribution in [3.63, 3.8) is 0 Å². The second-order valence-electron chi connectivity index (χ2n) is 6.11. The number of rotatable bonds is 3. The van der Waals surface area contributed by atoms with Crippen LogP contribution in [0.5, 0.6) is 0 Å². The molecular weight excluding hydrogens is 269 g/mol. The number of nitrogens with zero attached hydrogens (tertiary/aromatic N) is 1. The van der Waals surface area contributed by atoms with Gasteiger partial charge in [0.05, 0.1) is 5.92 Å². The molecule has 2 fully saturated rings. The van der Waals surface area contributed by atoms with Gasteiger partial charge in [-0.15, -0.1) is 0 Å². The molecule has 1 heterocycles. The molecule has 0 spiro atoms. The zero-order valence-corrected chi connectivity index (χ0v) is 11.9. The summed E-state index contributed by atoms with van der Waals surface area (Å²) in [7, 11) is 1.71. The monoisotopic (exact) mass is 292 g/mol. The highest BCUT2D eigenvalue weighted by Gasteiger charge is 2.44. The maximum atomic E-state index is 12.8. The standard InChI is InChI=1S/C14H23F3N2O/c1-19(9-12-6-3-7-18-12)13(20)10-4-2-5-11(8-10)14(15,16)17/h10-12,18H,2-9H2,1H3. The number of hydrogen-bond donors (Lipinski definition) is 1. The first kappa shape index (κ1) is 15.6. The fraction of sp³-hybridized carbons (Fsp3) is 0.929. The highest BCUT2D eigenvalue weighted by molar-refractivity contribution is 5.78. The van der Waals surface area contributed by atoms with E-state index in [1.165, 1.54) is 0 Å². The van der Waals surface area contributed by atoms with Crippen LogP contribution in [0.25, 0.3) is 0 Å². The van der Waals surface area contributed by atoms with Crippen LogP contribution in [0.3, 0.4) is 0 Å². The number of nitrogens with one attached hydrogen (secondary N) is 1. The molecule has 1 aliphatic heterocycles. The van der Waals surface area contributed by atoms with E-state index in [0.29, 0.717) is 25.4 Å². The normalized spacial score (nSPS) is 31.3. The lowest BCUT2D eigenvalue weighted by atomic mass is 9.80. The van der Waals surface area contributed by atoms with Crippen LogP contribution in [0.4, 0.5) is 13.2 Å². The molecule has 3 unspecified atom stereocenters. The first-order valence-electron chi connectivity index (χ1n) is 7.43. The summed E-state index contributed by atoms with van der Waals surface area (Å²) in [4.78, 5) is 13.9. The van der Waals surface area contributed by atoms with Crippen LogP contribution < -0.4 is 5.32 Å². The fourth-order valence-corrected chi connectivity index (χ4v) is 3.36. The first-order valence-corrected chi connectivity index (χ1v) is 7.43. The number of amides is 1. The maximum Gasteiger partial charge on any atom is 0.391 e. The Morgan fingerprint density at radius 2 is 2.00 bits per heavy atom. The van der Waals surface area contributed by atoms with E-state index >= 15 is 0 Å². The van der Waals surface area contributed by atoms with Gasteiger partial charge in [-0.3, -0.25) is 4.79 Å². The SMILES string of the molecule is CN(CC1CCCN1)C(=O)C1CCCC(C(F)(F)F)C1. The smallest absolute Gasteiger partial charge is 0.344 e. The highest BCUT2D eigenvalue weighted by Crippen LogP contribution is 2.40. The molecule has 0 aromatic heterocycles. The van der Waals surface area contributed by atoms with E-state index in [1.807, 2.05) is 0 Å². The van der Waals surface area contributed by atoms with Crippen molar-refractivity contribution < 1.29 is 18.0 Å². The Bertz CT molecular complexity index is 340. The molecule has 0 bridgehead atoms. The molecule has 3 nitrogen and oxygen atoms in total.